The average molecular weight is 239 g/mol. The molecule has 0 saturated carbocycles. The van der Waals surface area contributed by atoms with Gasteiger partial charge in [-0.05, 0) is 51.1 Å². The van der Waals surface area contributed by atoms with E-state index in [0.29, 0.717) is 24.1 Å². The van der Waals surface area contributed by atoms with E-state index < -0.39 is 11.4 Å². The lowest BCUT2D eigenvalue weighted by Crippen LogP contribution is -2.35. The molecular formula is C13H18FNO2. The Morgan fingerprint density at radius 2 is 2.18 bits per heavy atom. The van der Waals surface area contributed by atoms with Gasteiger partial charge in [0.05, 0.1) is 5.41 Å². The molecule has 0 fully saturated rings. The molecule has 17 heavy (non-hydrogen) atoms. The third-order valence-electron chi connectivity index (χ3n) is 3.14. The second-order valence-corrected chi connectivity index (χ2v) is 4.45. The molecule has 1 aromatic rings. The SMILES string of the molecule is CNCCC(C)(C(=O)O)c1ccc(F)c(C)c1. The predicted molar refractivity (Wildman–Crippen MR) is 64.7 cm³/mol. The van der Waals surface area contributed by atoms with Gasteiger partial charge >= 0.3 is 5.97 Å². The molecule has 1 unspecified atom stereocenters. The minimum Gasteiger partial charge on any atom is -0.481 e. The van der Waals surface area contributed by atoms with Crippen LogP contribution in [0.5, 0.6) is 0 Å². The summed E-state index contributed by atoms with van der Waals surface area (Å²) >= 11 is 0. The van der Waals surface area contributed by atoms with Crippen LogP contribution in [0.1, 0.15) is 24.5 Å². The summed E-state index contributed by atoms with van der Waals surface area (Å²) < 4.78 is 13.2. The highest BCUT2D eigenvalue weighted by atomic mass is 19.1. The predicted octanol–water partition coefficient (Wildman–Crippen LogP) is 2.09. The van der Waals surface area contributed by atoms with Gasteiger partial charge in [0.2, 0.25) is 0 Å². The number of carbonyl (C=O) groups is 1. The minimum absolute atomic E-state index is 0.310. The highest BCUT2D eigenvalue weighted by molar-refractivity contribution is 5.80. The topological polar surface area (TPSA) is 49.3 Å². The molecule has 0 heterocycles. The molecule has 1 rings (SSSR count). The zero-order valence-electron chi connectivity index (χ0n) is 10.4. The molecule has 3 nitrogen and oxygen atoms in total. The molecular weight excluding hydrogens is 221 g/mol. The van der Waals surface area contributed by atoms with Crippen LogP contribution in [0.25, 0.3) is 0 Å². The summed E-state index contributed by atoms with van der Waals surface area (Å²) in [7, 11) is 1.78. The fourth-order valence-electron chi connectivity index (χ4n) is 1.74. The number of carboxylic acids is 1. The molecule has 0 aromatic heterocycles. The molecule has 0 spiro atoms. The van der Waals surface area contributed by atoms with Crippen molar-refractivity contribution in [1.82, 2.24) is 5.32 Å². The van der Waals surface area contributed by atoms with Crippen molar-refractivity contribution < 1.29 is 14.3 Å². The highest BCUT2D eigenvalue weighted by Gasteiger charge is 2.34. The van der Waals surface area contributed by atoms with Crippen molar-refractivity contribution in [3.63, 3.8) is 0 Å². The second kappa shape index (κ2) is 5.27. The Balaban J connectivity index is 3.13. The molecule has 0 aliphatic carbocycles. The molecule has 94 valence electrons. The smallest absolute Gasteiger partial charge is 0.313 e. The minimum atomic E-state index is -0.985. The Labute approximate surface area is 101 Å². The molecule has 2 N–H and O–H groups in total. The average Bonchev–Trinajstić information content (AvgIpc) is 2.29. The maximum atomic E-state index is 13.2. The number of carboxylic acid groups (broad SMARTS) is 1. The standard InChI is InChI=1S/C13H18FNO2/c1-9-8-10(4-5-11(9)14)13(2,12(16)17)6-7-15-3/h4-5,8,15H,6-7H2,1-3H3,(H,16,17). The lowest BCUT2D eigenvalue weighted by molar-refractivity contribution is -0.143. The number of aliphatic carboxylic acids is 1. The van der Waals surface area contributed by atoms with E-state index in [0.717, 1.165) is 0 Å². The Morgan fingerprint density at radius 3 is 2.65 bits per heavy atom. The molecule has 0 bridgehead atoms. The van der Waals surface area contributed by atoms with Gasteiger partial charge in [-0.2, -0.15) is 0 Å². The summed E-state index contributed by atoms with van der Waals surface area (Å²) in [6.45, 7) is 3.90. The fraction of sp³-hybridized carbons (Fsp3) is 0.462. The summed E-state index contributed by atoms with van der Waals surface area (Å²) in [6.07, 6.45) is 0.462. The van der Waals surface area contributed by atoms with Gasteiger partial charge < -0.3 is 10.4 Å². The van der Waals surface area contributed by atoms with Crippen LogP contribution < -0.4 is 5.32 Å². The fourth-order valence-corrected chi connectivity index (χ4v) is 1.74. The van der Waals surface area contributed by atoms with Crippen LogP contribution in [-0.2, 0) is 10.2 Å². The maximum absolute atomic E-state index is 13.2. The maximum Gasteiger partial charge on any atom is 0.313 e. The van der Waals surface area contributed by atoms with E-state index in [1.54, 1.807) is 33.0 Å². The van der Waals surface area contributed by atoms with Crippen molar-refractivity contribution in [3.8, 4) is 0 Å². The van der Waals surface area contributed by atoms with Crippen molar-refractivity contribution in [2.24, 2.45) is 0 Å². The molecule has 0 aliphatic heterocycles. The molecule has 0 aliphatic rings. The molecule has 0 saturated heterocycles. The second-order valence-electron chi connectivity index (χ2n) is 4.45. The van der Waals surface area contributed by atoms with Gasteiger partial charge in [-0.25, -0.2) is 4.39 Å². The Bertz CT molecular complexity index is 420. The third-order valence-corrected chi connectivity index (χ3v) is 3.14. The first-order chi connectivity index (χ1) is 7.91. The van der Waals surface area contributed by atoms with Crippen molar-refractivity contribution >= 4 is 5.97 Å². The first-order valence-electron chi connectivity index (χ1n) is 5.56. The number of benzene rings is 1. The Kier molecular flexibility index (Phi) is 4.23. The van der Waals surface area contributed by atoms with Crippen molar-refractivity contribution in [2.45, 2.75) is 25.7 Å². The van der Waals surface area contributed by atoms with E-state index in [4.69, 9.17) is 0 Å². The third kappa shape index (κ3) is 2.82. The van der Waals surface area contributed by atoms with Crippen LogP contribution in [0.4, 0.5) is 4.39 Å². The number of rotatable bonds is 5. The summed E-state index contributed by atoms with van der Waals surface area (Å²) in [5.74, 6) is -1.20. The van der Waals surface area contributed by atoms with Gasteiger partial charge in [-0.15, -0.1) is 0 Å². The first-order valence-corrected chi connectivity index (χ1v) is 5.56. The monoisotopic (exact) mass is 239 g/mol. The van der Waals surface area contributed by atoms with Crippen molar-refractivity contribution in [1.29, 1.82) is 0 Å². The van der Waals surface area contributed by atoms with Crippen molar-refractivity contribution in [3.05, 3.63) is 35.1 Å². The Hall–Kier alpha value is -1.42. The summed E-state index contributed by atoms with van der Waals surface area (Å²) in [5, 5.41) is 12.3. The van der Waals surface area contributed by atoms with E-state index in [1.165, 1.54) is 6.07 Å². The van der Waals surface area contributed by atoms with Crippen molar-refractivity contribution in [2.75, 3.05) is 13.6 Å². The van der Waals surface area contributed by atoms with Gasteiger partial charge in [0.25, 0.3) is 0 Å². The highest BCUT2D eigenvalue weighted by Crippen LogP contribution is 2.29. The zero-order valence-corrected chi connectivity index (χ0v) is 10.4. The quantitative estimate of drug-likeness (QED) is 0.827. The molecule has 1 atom stereocenters. The van der Waals surface area contributed by atoms with E-state index >= 15 is 0 Å². The van der Waals surface area contributed by atoms with Gasteiger partial charge in [0.1, 0.15) is 5.82 Å². The van der Waals surface area contributed by atoms with Gasteiger partial charge in [-0.1, -0.05) is 12.1 Å². The van der Waals surface area contributed by atoms with Gasteiger partial charge in [0.15, 0.2) is 0 Å². The zero-order chi connectivity index (χ0) is 13.1. The molecule has 4 heteroatoms. The number of halogens is 1. The number of nitrogens with one attached hydrogen (secondary N) is 1. The van der Waals surface area contributed by atoms with E-state index in [-0.39, 0.29) is 5.82 Å². The lowest BCUT2D eigenvalue weighted by atomic mass is 9.79. The number of aryl methyl sites for hydroxylation is 1. The number of hydrogen-bond donors (Lipinski definition) is 2. The van der Waals surface area contributed by atoms with E-state index in [1.807, 2.05) is 0 Å². The van der Waals surface area contributed by atoms with Crippen LogP contribution in [0.3, 0.4) is 0 Å². The van der Waals surface area contributed by atoms with Gasteiger partial charge in [-0.3, -0.25) is 4.79 Å². The number of hydrogen-bond acceptors (Lipinski definition) is 2. The van der Waals surface area contributed by atoms with Crippen LogP contribution in [-0.4, -0.2) is 24.7 Å². The van der Waals surface area contributed by atoms with Gasteiger partial charge in [0, 0.05) is 0 Å². The van der Waals surface area contributed by atoms with E-state index in [9.17, 15) is 14.3 Å². The lowest BCUT2D eigenvalue weighted by Gasteiger charge is -2.25. The van der Waals surface area contributed by atoms with Crippen LogP contribution in [0.2, 0.25) is 0 Å². The summed E-state index contributed by atoms with van der Waals surface area (Å²) in [5.41, 5.74) is 0.125. The largest absolute Gasteiger partial charge is 0.481 e. The van der Waals surface area contributed by atoms with Crippen LogP contribution in [0, 0.1) is 12.7 Å². The molecule has 0 radical (unpaired) electrons. The van der Waals surface area contributed by atoms with Crippen LogP contribution >= 0.6 is 0 Å². The summed E-state index contributed by atoms with van der Waals surface area (Å²) in [4.78, 5) is 11.4. The first kappa shape index (κ1) is 13.6. The Morgan fingerprint density at radius 1 is 1.53 bits per heavy atom. The van der Waals surface area contributed by atoms with Crippen LogP contribution in [0.15, 0.2) is 18.2 Å². The molecule has 1 aromatic carbocycles. The summed E-state index contributed by atoms with van der Waals surface area (Å²) in [6, 6.07) is 4.48. The normalized spacial score (nSPS) is 14.4. The molecule has 0 amide bonds. The van der Waals surface area contributed by atoms with E-state index in [2.05, 4.69) is 5.32 Å².